The Labute approximate surface area is 212 Å². The van der Waals surface area contributed by atoms with Crippen LogP contribution in [-0.2, 0) is 14.4 Å². The molecule has 0 radical (unpaired) electrons. The van der Waals surface area contributed by atoms with E-state index in [0.717, 1.165) is 82.1 Å². The Bertz CT molecular complexity index is 1020. The highest BCUT2D eigenvalue weighted by atomic mass is 16.2. The van der Waals surface area contributed by atoms with Gasteiger partial charge in [0.25, 0.3) is 11.8 Å². The maximum atomic E-state index is 13.2. The molecule has 2 fully saturated rings. The Balaban J connectivity index is 1.34. The van der Waals surface area contributed by atoms with E-state index in [0.29, 0.717) is 17.0 Å². The summed E-state index contributed by atoms with van der Waals surface area (Å²) in [5, 5.41) is 0. The van der Waals surface area contributed by atoms with E-state index in [4.69, 9.17) is 0 Å². The number of ketones is 2. The molecule has 1 atom stereocenters. The van der Waals surface area contributed by atoms with Crippen LogP contribution < -0.4 is 4.90 Å². The molecule has 3 amide bonds. The Kier molecular flexibility index (Phi) is 8.18. The number of piperidine rings is 1. The lowest BCUT2D eigenvalue weighted by Gasteiger charge is -2.37. The van der Waals surface area contributed by atoms with Gasteiger partial charge in [-0.25, -0.2) is 0 Å². The zero-order chi connectivity index (χ0) is 25.8. The number of nitrogens with zero attached hydrogens (tertiary/aromatic N) is 4. The number of Topliss-reactive ketones (excluding diaryl/α,β-unsaturated/α-hetero) is 2. The van der Waals surface area contributed by atoms with E-state index in [1.54, 1.807) is 12.1 Å². The van der Waals surface area contributed by atoms with Crippen LogP contribution in [0.2, 0.25) is 0 Å². The summed E-state index contributed by atoms with van der Waals surface area (Å²) < 4.78 is 0. The molecule has 0 spiro atoms. The summed E-state index contributed by atoms with van der Waals surface area (Å²) in [6.07, 6.45) is 4.56. The maximum absolute atomic E-state index is 13.2. The zero-order valence-electron chi connectivity index (χ0n) is 21.3. The van der Waals surface area contributed by atoms with Crippen molar-refractivity contribution in [3.8, 4) is 0 Å². The van der Waals surface area contributed by atoms with Gasteiger partial charge in [0.05, 0.1) is 17.2 Å². The van der Waals surface area contributed by atoms with Crippen LogP contribution in [0.25, 0.3) is 0 Å². The van der Waals surface area contributed by atoms with Crippen molar-refractivity contribution in [1.29, 1.82) is 0 Å². The first kappa shape index (κ1) is 26.0. The SMILES string of the molecule is CC(=O)CCC(C(C)=O)N1C(=O)c2ccc(N3CCN(CCC4CCN(C=O)CC4)CC3)cc2C1=O. The molecule has 4 rings (SSSR count). The quantitative estimate of drug-likeness (QED) is 0.361. The monoisotopic (exact) mass is 496 g/mol. The van der Waals surface area contributed by atoms with E-state index in [-0.39, 0.29) is 24.4 Å². The number of hydrogen-bond donors (Lipinski definition) is 0. The lowest BCUT2D eigenvalue weighted by molar-refractivity contribution is -0.122. The summed E-state index contributed by atoms with van der Waals surface area (Å²) in [4.78, 5) is 68.3. The first-order valence-electron chi connectivity index (χ1n) is 13.0. The molecular formula is C27H36N4O5. The molecule has 0 bridgehead atoms. The summed E-state index contributed by atoms with van der Waals surface area (Å²) in [5.74, 6) is -0.621. The van der Waals surface area contributed by atoms with Gasteiger partial charge in [0.15, 0.2) is 5.78 Å². The highest BCUT2D eigenvalue weighted by molar-refractivity contribution is 6.23. The Hall–Kier alpha value is -3.07. The van der Waals surface area contributed by atoms with Gasteiger partial charge < -0.3 is 14.6 Å². The number of fused-ring (bicyclic) bond motifs is 1. The minimum atomic E-state index is -0.918. The van der Waals surface area contributed by atoms with Gasteiger partial charge in [-0.1, -0.05) is 0 Å². The van der Waals surface area contributed by atoms with E-state index < -0.39 is 17.9 Å². The molecule has 3 aliphatic rings. The van der Waals surface area contributed by atoms with Gasteiger partial charge in [-0.3, -0.25) is 29.0 Å². The normalized spacial score (nSPS) is 20.0. The van der Waals surface area contributed by atoms with Crippen LogP contribution in [0.3, 0.4) is 0 Å². The molecule has 0 N–H and O–H groups in total. The second-order valence-corrected chi connectivity index (χ2v) is 10.3. The average Bonchev–Trinajstić information content (AvgIpc) is 3.12. The molecule has 2 saturated heterocycles. The summed E-state index contributed by atoms with van der Waals surface area (Å²) in [5.41, 5.74) is 1.55. The van der Waals surface area contributed by atoms with Gasteiger partial charge in [-0.2, -0.15) is 0 Å². The first-order chi connectivity index (χ1) is 17.3. The zero-order valence-corrected chi connectivity index (χ0v) is 21.3. The van der Waals surface area contributed by atoms with Crippen LogP contribution in [0.15, 0.2) is 18.2 Å². The second-order valence-electron chi connectivity index (χ2n) is 10.3. The number of anilines is 1. The van der Waals surface area contributed by atoms with Gasteiger partial charge in [0.2, 0.25) is 6.41 Å². The van der Waals surface area contributed by atoms with Gasteiger partial charge in [-0.15, -0.1) is 0 Å². The molecular weight excluding hydrogens is 460 g/mol. The van der Waals surface area contributed by atoms with Crippen LogP contribution >= 0.6 is 0 Å². The topological polar surface area (TPSA) is 98.3 Å². The predicted molar refractivity (Wildman–Crippen MR) is 135 cm³/mol. The number of amides is 3. The smallest absolute Gasteiger partial charge is 0.262 e. The summed E-state index contributed by atoms with van der Waals surface area (Å²) >= 11 is 0. The van der Waals surface area contributed by atoms with Crippen molar-refractivity contribution in [3.63, 3.8) is 0 Å². The van der Waals surface area contributed by atoms with Gasteiger partial charge in [0, 0.05) is 51.4 Å². The molecule has 9 nitrogen and oxygen atoms in total. The third kappa shape index (κ3) is 5.67. The van der Waals surface area contributed by atoms with Crippen LogP contribution in [0.5, 0.6) is 0 Å². The average molecular weight is 497 g/mol. The predicted octanol–water partition coefficient (Wildman–Crippen LogP) is 1.99. The van der Waals surface area contributed by atoms with E-state index in [1.165, 1.54) is 13.8 Å². The number of carbonyl (C=O) groups is 5. The highest BCUT2D eigenvalue weighted by Gasteiger charge is 2.42. The van der Waals surface area contributed by atoms with E-state index in [1.807, 2.05) is 11.0 Å². The fourth-order valence-electron chi connectivity index (χ4n) is 5.52. The fourth-order valence-corrected chi connectivity index (χ4v) is 5.52. The van der Waals surface area contributed by atoms with Crippen molar-refractivity contribution >= 4 is 35.5 Å². The number of rotatable bonds is 10. The number of likely N-dealkylation sites (tertiary alicyclic amines) is 1. The molecule has 36 heavy (non-hydrogen) atoms. The molecule has 0 aromatic heterocycles. The van der Waals surface area contributed by atoms with Gasteiger partial charge in [0.1, 0.15) is 5.78 Å². The molecule has 194 valence electrons. The number of hydrogen-bond acceptors (Lipinski definition) is 7. The van der Waals surface area contributed by atoms with E-state index in [2.05, 4.69) is 9.80 Å². The van der Waals surface area contributed by atoms with Crippen molar-refractivity contribution in [2.45, 2.75) is 52.0 Å². The number of imide groups is 1. The maximum Gasteiger partial charge on any atom is 0.262 e. The molecule has 0 saturated carbocycles. The van der Waals surface area contributed by atoms with Crippen LogP contribution in [0.1, 0.15) is 66.7 Å². The van der Waals surface area contributed by atoms with Crippen molar-refractivity contribution in [1.82, 2.24) is 14.7 Å². The lowest BCUT2D eigenvalue weighted by Crippen LogP contribution is -2.47. The van der Waals surface area contributed by atoms with E-state index in [9.17, 15) is 24.0 Å². The van der Waals surface area contributed by atoms with E-state index >= 15 is 0 Å². The van der Waals surface area contributed by atoms with Gasteiger partial charge >= 0.3 is 0 Å². The minimum Gasteiger partial charge on any atom is -0.369 e. The molecule has 1 unspecified atom stereocenters. The molecule has 0 aliphatic carbocycles. The summed E-state index contributed by atoms with van der Waals surface area (Å²) in [7, 11) is 0. The number of benzene rings is 1. The summed E-state index contributed by atoms with van der Waals surface area (Å²) in [6, 6.07) is 4.42. The molecule has 3 heterocycles. The van der Waals surface area contributed by atoms with Crippen LogP contribution in [0.4, 0.5) is 5.69 Å². The Morgan fingerprint density at radius 1 is 0.972 bits per heavy atom. The summed E-state index contributed by atoms with van der Waals surface area (Å²) in [6.45, 7) is 9.11. The Morgan fingerprint density at radius 2 is 1.64 bits per heavy atom. The minimum absolute atomic E-state index is 0.0810. The molecule has 9 heteroatoms. The number of carbonyl (C=O) groups excluding carboxylic acids is 5. The van der Waals surface area contributed by atoms with Crippen molar-refractivity contribution in [2.24, 2.45) is 5.92 Å². The highest BCUT2D eigenvalue weighted by Crippen LogP contribution is 2.31. The Morgan fingerprint density at radius 3 is 2.25 bits per heavy atom. The van der Waals surface area contributed by atoms with Gasteiger partial charge in [-0.05, 0) is 70.2 Å². The third-order valence-corrected chi connectivity index (χ3v) is 7.84. The first-order valence-corrected chi connectivity index (χ1v) is 13.0. The third-order valence-electron chi connectivity index (χ3n) is 7.84. The lowest BCUT2D eigenvalue weighted by atomic mass is 9.93. The van der Waals surface area contributed by atoms with Crippen LogP contribution in [0, 0.1) is 5.92 Å². The van der Waals surface area contributed by atoms with Crippen molar-refractivity contribution < 1.29 is 24.0 Å². The molecule has 1 aromatic rings. The van der Waals surface area contributed by atoms with Crippen LogP contribution in [-0.4, -0.2) is 96.3 Å². The standard InChI is InChI=1S/C27H36N4O5/c1-19(33)3-6-25(20(2)34)31-26(35)23-5-4-22(17-24(23)27(31)36)30-15-13-28(14-16-30)10-7-21-8-11-29(18-32)12-9-21/h4-5,17-18,21,25H,3,6-16H2,1-2H3. The molecule has 3 aliphatic heterocycles. The van der Waals surface area contributed by atoms with Crippen molar-refractivity contribution in [3.05, 3.63) is 29.3 Å². The van der Waals surface area contributed by atoms with Crippen molar-refractivity contribution in [2.75, 3.05) is 50.7 Å². The molecule has 1 aromatic carbocycles. The fraction of sp³-hybridized carbons (Fsp3) is 0.593. The largest absolute Gasteiger partial charge is 0.369 e. The second kappa shape index (κ2) is 11.3. The number of piperazine rings is 1.